The molecule has 5 heteroatoms. The van der Waals surface area contributed by atoms with E-state index in [2.05, 4.69) is 10.3 Å². The molecule has 2 aromatic rings. The summed E-state index contributed by atoms with van der Waals surface area (Å²) in [7, 11) is 0. The van der Waals surface area contributed by atoms with Crippen LogP contribution in [0, 0.1) is 0 Å². The maximum Gasteiger partial charge on any atom is 0.408 e. The summed E-state index contributed by atoms with van der Waals surface area (Å²) in [5, 5.41) is 3.92. The number of carbonyl (C=O) groups is 1. The van der Waals surface area contributed by atoms with Gasteiger partial charge in [0.2, 0.25) is 0 Å². The molecule has 5 nitrogen and oxygen atoms in total. The van der Waals surface area contributed by atoms with E-state index in [1.165, 1.54) is 0 Å². The lowest BCUT2D eigenvalue weighted by molar-refractivity contribution is 0.0505. The molecule has 0 aliphatic heterocycles. The number of aromatic amines is 1. The molecule has 0 aliphatic carbocycles. The third-order valence-electron chi connectivity index (χ3n) is 2.91. The SMILES string of the molecule is CC(C)(C)OC(=O)NC(CN)c1ccc2cc[nH]c2c1. The van der Waals surface area contributed by atoms with Crippen molar-refractivity contribution in [2.24, 2.45) is 5.73 Å². The number of hydrogen-bond donors (Lipinski definition) is 3. The average molecular weight is 275 g/mol. The second-order valence-electron chi connectivity index (χ2n) is 5.76. The fraction of sp³-hybridized carbons (Fsp3) is 0.400. The van der Waals surface area contributed by atoms with Crippen LogP contribution in [0.3, 0.4) is 0 Å². The number of ether oxygens (including phenoxy) is 1. The van der Waals surface area contributed by atoms with Gasteiger partial charge in [-0.15, -0.1) is 0 Å². The number of aromatic nitrogens is 1. The molecule has 1 amide bonds. The lowest BCUT2D eigenvalue weighted by Crippen LogP contribution is -2.37. The monoisotopic (exact) mass is 275 g/mol. The van der Waals surface area contributed by atoms with Crippen LogP contribution in [-0.2, 0) is 4.74 Å². The van der Waals surface area contributed by atoms with E-state index >= 15 is 0 Å². The third-order valence-corrected chi connectivity index (χ3v) is 2.91. The summed E-state index contributed by atoms with van der Waals surface area (Å²) in [5.74, 6) is 0. The van der Waals surface area contributed by atoms with Crippen molar-refractivity contribution in [1.29, 1.82) is 0 Å². The van der Waals surface area contributed by atoms with Crippen LogP contribution in [-0.4, -0.2) is 23.2 Å². The lowest BCUT2D eigenvalue weighted by Gasteiger charge is -2.23. The standard InChI is InChI=1S/C15H21N3O2/c1-15(2,3)20-14(19)18-13(9-16)11-5-4-10-6-7-17-12(10)8-11/h4-8,13,17H,9,16H2,1-3H3,(H,18,19). The second-order valence-corrected chi connectivity index (χ2v) is 5.76. The molecule has 1 heterocycles. The van der Waals surface area contributed by atoms with Crippen molar-refractivity contribution in [1.82, 2.24) is 10.3 Å². The topological polar surface area (TPSA) is 80.1 Å². The highest BCUT2D eigenvalue weighted by Crippen LogP contribution is 2.19. The summed E-state index contributed by atoms with van der Waals surface area (Å²) in [4.78, 5) is 15.0. The zero-order valence-electron chi connectivity index (χ0n) is 12.1. The van der Waals surface area contributed by atoms with Crippen molar-refractivity contribution in [3.8, 4) is 0 Å². The van der Waals surface area contributed by atoms with Gasteiger partial charge in [-0.05, 0) is 43.9 Å². The Morgan fingerprint density at radius 1 is 1.40 bits per heavy atom. The normalized spacial score (nSPS) is 13.2. The molecule has 1 aromatic carbocycles. The van der Waals surface area contributed by atoms with Crippen LogP contribution in [0.5, 0.6) is 0 Å². The molecule has 0 saturated heterocycles. The highest BCUT2D eigenvalue weighted by Gasteiger charge is 2.19. The van der Waals surface area contributed by atoms with Crippen LogP contribution >= 0.6 is 0 Å². The van der Waals surface area contributed by atoms with E-state index in [-0.39, 0.29) is 6.04 Å². The summed E-state index contributed by atoms with van der Waals surface area (Å²) in [5.41, 5.74) is 7.21. The fourth-order valence-electron chi connectivity index (χ4n) is 2.01. The summed E-state index contributed by atoms with van der Waals surface area (Å²) >= 11 is 0. The summed E-state index contributed by atoms with van der Waals surface area (Å²) < 4.78 is 5.25. The number of carbonyl (C=O) groups excluding carboxylic acids is 1. The summed E-state index contributed by atoms with van der Waals surface area (Å²) in [6.45, 7) is 5.80. The number of fused-ring (bicyclic) bond motifs is 1. The maximum atomic E-state index is 11.8. The minimum Gasteiger partial charge on any atom is -0.444 e. The number of nitrogens with one attached hydrogen (secondary N) is 2. The minimum absolute atomic E-state index is 0.266. The first-order chi connectivity index (χ1) is 9.39. The molecule has 0 bridgehead atoms. The molecule has 0 fully saturated rings. The molecule has 4 N–H and O–H groups in total. The number of benzene rings is 1. The molecular weight excluding hydrogens is 254 g/mol. The Hall–Kier alpha value is -2.01. The van der Waals surface area contributed by atoms with Crippen LogP contribution in [0.4, 0.5) is 4.79 Å². The number of H-pyrrole nitrogens is 1. The van der Waals surface area contributed by atoms with Crippen LogP contribution in [0.2, 0.25) is 0 Å². The molecule has 0 spiro atoms. The van der Waals surface area contributed by atoms with Gasteiger partial charge in [-0.3, -0.25) is 0 Å². The number of rotatable bonds is 3. The molecule has 1 unspecified atom stereocenters. The minimum atomic E-state index is -0.521. The Kier molecular flexibility index (Phi) is 3.99. The number of hydrogen-bond acceptors (Lipinski definition) is 3. The smallest absolute Gasteiger partial charge is 0.408 e. The molecule has 2 rings (SSSR count). The first-order valence-corrected chi connectivity index (χ1v) is 6.65. The summed E-state index contributed by atoms with van der Waals surface area (Å²) in [6, 6.07) is 7.69. The molecule has 20 heavy (non-hydrogen) atoms. The number of alkyl carbamates (subject to hydrolysis) is 1. The Labute approximate surface area is 118 Å². The van der Waals surface area contributed by atoms with Gasteiger partial charge in [-0.1, -0.05) is 12.1 Å². The maximum absolute atomic E-state index is 11.8. The van der Waals surface area contributed by atoms with Crippen molar-refractivity contribution in [2.45, 2.75) is 32.4 Å². The van der Waals surface area contributed by atoms with Crippen molar-refractivity contribution in [3.05, 3.63) is 36.0 Å². The molecule has 108 valence electrons. The van der Waals surface area contributed by atoms with Gasteiger partial charge in [0.1, 0.15) is 5.60 Å². The Morgan fingerprint density at radius 2 is 2.15 bits per heavy atom. The number of nitrogens with two attached hydrogens (primary N) is 1. The Bertz CT molecular complexity index is 598. The van der Waals surface area contributed by atoms with Crippen LogP contribution < -0.4 is 11.1 Å². The zero-order chi connectivity index (χ0) is 14.8. The van der Waals surface area contributed by atoms with Gasteiger partial charge in [0.15, 0.2) is 0 Å². The Balaban J connectivity index is 2.13. The molecular formula is C15H21N3O2. The third kappa shape index (κ3) is 3.51. The highest BCUT2D eigenvalue weighted by atomic mass is 16.6. The van der Waals surface area contributed by atoms with Gasteiger partial charge in [0.25, 0.3) is 0 Å². The predicted molar refractivity (Wildman–Crippen MR) is 79.5 cm³/mol. The summed E-state index contributed by atoms with van der Waals surface area (Å²) in [6.07, 6.45) is 1.42. The van der Waals surface area contributed by atoms with Gasteiger partial charge < -0.3 is 20.8 Å². The molecule has 0 aliphatic rings. The molecule has 0 saturated carbocycles. The van der Waals surface area contributed by atoms with E-state index < -0.39 is 11.7 Å². The van der Waals surface area contributed by atoms with E-state index in [0.717, 1.165) is 16.5 Å². The highest BCUT2D eigenvalue weighted by molar-refractivity contribution is 5.80. The average Bonchev–Trinajstić information content (AvgIpc) is 2.80. The van der Waals surface area contributed by atoms with Crippen LogP contribution in [0.25, 0.3) is 10.9 Å². The van der Waals surface area contributed by atoms with Gasteiger partial charge in [-0.25, -0.2) is 4.79 Å². The van der Waals surface area contributed by atoms with Gasteiger partial charge >= 0.3 is 6.09 Å². The van der Waals surface area contributed by atoms with Crippen molar-refractivity contribution >= 4 is 17.0 Å². The van der Waals surface area contributed by atoms with Crippen molar-refractivity contribution < 1.29 is 9.53 Å². The molecule has 1 atom stereocenters. The lowest BCUT2D eigenvalue weighted by atomic mass is 10.1. The molecule has 1 aromatic heterocycles. The first kappa shape index (κ1) is 14.4. The van der Waals surface area contributed by atoms with Crippen molar-refractivity contribution in [2.75, 3.05) is 6.54 Å². The van der Waals surface area contributed by atoms with Crippen LogP contribution in [0.1, 0.15) is 32.4 Å². The van der Waals surface area contributed by atoms with E-state index in [0.29, 0.717) is 6.54 Å². The van der Waals surface area contributed by atoms with Crippen molar-refractivity contribution in [3.63, 3.8) is 0 Å². The van der Waals surface area contributed by atoms with Gasteiger partial charge in [0, 0.05) is 18.3 Å². The molecule has 0 radical (unpaired) electrons. The quantitative estimate of drug-likeness (QED) is 0.805. The van der Waals surface area contributed by atoms with E-state index in [1.54, 1.807) is 0 Å². The zero-order valence-corrected chi connectivity index (χ0v) is 12.1. The van der Waals surface area contributed by atoms with Gasteiger partial charge in [0.05, 0.1) is 6.04 Å². The van der Waals surface area contributed by atoms with Crippen LogP contribution in [0.15, 0.2) is 30.5 Å². The van der Waals surface area contributed by atoms with E-state index in [9.17, 15) is 4.79 Å². The van der Waals surface area contributed by atoms with E-state index in [4.69, 9.17) is 10.5 Å². The largest absolute Gasteiger partial charge is 0.444 e. The van der Waals surface area contributed by atoms with Gasteiger partial charge in [-0.2, -0.15) is 0 Å². The second kappa shape index (κ2) is 5.54. The number of amides is 1. The fourth-order valence-corrected chi connectivity index (χ4v) is 2.01. The predicted octanol–water partition coefficient (Wildman–Crippen LogP) is 2.69. The Morgan fingerprint density at radius 3 is 2.80 bits per heavy atom. The first-order valence-electron chi connectivity index (χ1n) is 6.65. The van der Waals surface area contributed by atoms with E-state index in [1.807, 2.05) is 51.2 Å².